The minimum absolute atomic E-state index is 0.0679. The van der Waals surface area contributed by atoms with Crippen LogP contribution in [0, 0.1) is 5.82 Å². The van der Waals surface area contributed by atoms with Crippen molar-refractivity contribution in [3.05, 3.63) is 84.1 Å². The highest BCUT2D eigenvalue weighted by molar-refractivity contribution is 6.07. The Labute approximate surface area is 183 Å². The first-order valence-corrected chi connectivity index (χ1v) is 10.3. The number of hydrogen-bond donors (Lipinski definition) is 1. The van der Waals surface area contributed by atoms with E-state index in [1.807, 2.05) is 12.1 Å². The second-order valence-electron chi connectivity index (χ2n) is 7.70. The number of carbonyl (C=O) groups is 2. The van der Waals surface area contributed by atoms with Gasteiger partial charge in [-0.1, -0.05) is 12.1 Å². The SMILES string of the molecule is CNC(=O)c1ccc(-c2cnn3ccc(C(=O)N(c4ccc(F)cn4)C4CC4)cc23)cc1. The summed E-state index contributed by atoms with van der Waals surface area (Å²) in [6, 6.07) is 13.6. The minimum atomic E-state index is -0.440. The molecule has 7 nitrogen and oxygen atoms in total. The Balaban J connectivity index is 1.51. The van der Waals surface area contributed by atoms with Crippen molar-refractivity contribution in [2.45, 2.75) is 18.9 Å². The van der Waals surface area contributed by atoms with E-state index in [2.05, 4.69) is 15.4 Å². The highest BCUT2D eigenvalue weighted by Gasteiger charge is 2.35. The number of amides is 2. The van der Waals surface area contributed by atoms with Crippen molar-refractivity contribution in [1.29, 1.82) is 0 Å². The third kappa shape index (κ3) is 3.60. The summed E-state index contributed by atoms with van der Waals surface area (Å²) in [4.78, 5) is 31.0. The Morgan fingerprint density at radius 2 is 1.84 bits per heavy atom. The van der Waals surface area contributed by atoms with Gasteiger partial charge in [0.05, 0.1) is 17.9 Å². The van der Waals surface area contributed by atoms with Crippen molar-refractivity contribution in [2.24, 2.45) is 0 Å². The minimum Gasteiger partial charge on any atom is -0.355 e. The van der Waals surface area contributed by atoms with E-state index in [0.717, 1.165) is 35.7 Å². The van der Waals surface area contributed by atoms with Crippen LogP contribution in [0.4, 0.5) is 10.2 Å². The summed E-state index contributed by atoms with van der Waals surface area (Å²) in [5.74, 6) is -0.336. The first-order valence-electron chi connectivity index (χ1n) is 10.3. The Morgan fingerprint density at radius 1 is 1.06 bits per heavy atom. The maximum absolute atomic E-state index is 13.4. The topological polar surface area (TPSA) is 79.6 Å². The van der Waals surface area contributed by atoms with E-state index < -0.39 is 5.82 Å². The maximum atomic E-state index is 13.4. The molecule has 32 heavy (non-hydrogen) atoms. The standard InChI is InChI=1S/C24H20FN5O2/c1-26-23(31)16-4-2-15(3-5-16)20-14-28-29-11-10-17(12-21(20)29)24(32)30(19-7-8-19)22-9-6-18(25)13-27-22/h2-6,9-14,19H,7-8H2,1H3,(H,26,31). The van der Waals surface area contributed by atoms with Crippen LogP contribution in [0.1, 0.15) is 33.6 Å². The summed E-state index contributed by atoms with van der Waals surface area (Å²) in [5, 5.41) is 6.99. The lowest BCUT2D eigenvalue weighted by atomic mass is 10.0. The van der Waals surface area contributed by atoms with Crippen LogP contribution < -0.4 is 10.2 Å². The Morgan fingerprint density at radius 3 is 2.50 bits per heavy atom. The van der Waals surface area contributed by atoms with Gasteiger partial charge in [-0.25, -0.2) is 13.9 Å². The van der Waals surface area contributed by atoms with Gasteiger partial charge in [0.15, 0.2) is 0 Å². The van der Waals surface area contributed by atoms with Crippen LogP contribution in [-0.2, 0) is 0 Å². The molecule has 0 unspecified atom stereocenters. The Kier molecular flexibility index (Phi) is 4.89. The molecule has 0 saturated heterocycles. The molecule has 0 atom stereocenters. The van der Waals surface area contributed by atoms with E-state index >= 15 is 0 Å². The van der Waals surface area contributed by atoms with Crippen LogP contribution >= 0.6 is 0 Å². The van der Waals surface area contributed by atoms with E-state index in [0.29, 0.717) is 16.9 Å². The Hall–Kier alpha value is -4.07. The van der Waals surface area contributed by atoms with Gasteiger partial charge in [-0.15, -0.1) is 0 Å². The molecule has 1 aromatic carbocycles. The summed E-state index contributed by atoms with van der Waals surface area (Å²) in [6.45, 7) is 0. The van der Waals surface area contributed by atoms with Crippen molar-refractivity contribution in [3.63, 3.8) is 0 Å². The van der Waals surface area contributed by atoms with Gasteiger partial charge in [-0.05, 0) is 54.8 Å². The van der Waals surface area contributed by atoms with Crippen LogP contribution in [0.25, 0.3) is 16.6 Å². The van der Waals surface area contributed by atoms with Crippen molar-refractivity contribution in [1.82, 2.24) is 19.9 Å². The average molecular weight is 429 g/mol. The molecular weight excluding hydrogens is 409 g/mol. The maximum Gasteiger partial charge on any atom is 0.259 e. The van der Waals surface area contributed by atoms with E-state index in [1.54, 1.807) is 53.1 Å². The summed E-state index contributed by atoms with van der Waals surface area (Å²) in [7, 11) is 1.59. The number of carbonyl (C=O) groups excluding carboxylic acids is 2. The van der Waals surface area contributed by atoms with Gasteiger partial charge in [0.1, 0.15) is 11.6 Å². The quantitative estimate of drug-likeness (QED) is 0.525. The van der Waals surface area contributed by atoms with Gasteiger partial charge in [0.25, 0.3) is 11.8 Å². The summed E-state index contributed by atoms with van der Waals surface area (Å²) < 4.78 is 15.0. The van der Waals surface area contributed by atoms with Crippen LogP contribution in [-0.4, -0.2) is 39.5 Å². The lowest BCUT2D eigenvalue weighted by Crippen LogP contribution is -2.33. The van der Waals surface area contributed by atoms with Gasteiger partial charge in [-0.2, -0.15) is 5.10 Å². The summed E-state index contributed by atoms with van der Waals surface area (Å²) in [5.41, 5.74) is 3.57. The van der Waals surface area contributed by atoms with E-state index in [9.17, 15) is 14.0 Å². The third-order valence-corrected chi connectivity index (χ3v) is 5.54. The predicted molar refractivity (Wildman–Crippen MR) is 118 cm³/mol. The molecule has 1 fully saturated rings. The number of halogens is 1. The van der Waals surface area contributed by atoms with E-state index in [1.165, 1.54) is 12.1 Å². The van der Waals surface area contributed by atoms with Crippen molar-refractivity contribution in [3.8, 4) is 11.1 Å². The van der Waals surface area contributed by atoms with Crippen LogP contribution in [0.3, 0.4) is 0 Å². The number of benzene rings is 1. The highest BCUT2D eigenvalue weighted by atomic mass is 19.1. The van der Waals surface area contributed by atoms with E-state index in [-0.39, 0.29) is 17.9 Å². The number of rotatable bonds is 5. The molecule has 0 spiro atoms. The van der Waals surface area contributed by atoms with Crippen molar-refractivity contribution in [2.75, 3.05) is 11.9 Å². The zero-order chi connectivity index (χ0) is 22.2. The molecule has 8 heteroatoms. The normalized spacial score (nSPS) is 13.2. The van der Waals surface area contributed by atoms with Gasteiger partial charge in [0, 0.05) is 36.0 Å². The number of nitrogens with one attached hydrogen (secondary N) is 1. The van der Waals surface area contributed by atoms with Crippen molar-refractivity contribution < 1.29 is 14.0 Å². The predicted octanol–water partition coefficient (Wildman–Crippen LogP) is 3.70. The van der Waals surface area contributed by atoms with Gasteiger partial charge < -0.3 is 5.32 Å². The second kappa shape index (κ2) is 7.88. The van der Waals surface area contributed by atoms with Gasteiger partial charge in [0.2, 0.25) is 0 Å². The number of nitrogens with zero attached hydrogens (tertiary/aromatic N) is 4. The monoisotopic (exact) mass is 429 g/mol. The van der Waals surface area contributed by atoms with Crippen LogP contribution in [0.15, 0.2) is 67.1 Å². The Bertz CT molecular complexity index is 1310. The molecule has 1 saturated carbocycles. The molecule has 0 aliphatic heterocycles. The largest absolute Gasteiger partial charge is 0.355 e. The molecule has 5 rings (SSSR count). The van der Waals surface area contributed by atoms with Crippen LogP contribution in [0.5, 0.6) is 0 Å². The van der Waals surface area contributed by atoms with Crippen LogP contribution in [0.2, 0.25) is 0 Å². The summed E-state index contributed by atoms with van der Waals surface area (Å²) in [6.07, 6.45) is 6.39. The molecule has 3 heterocycles. The van der Waals surface area contributed by atoms with Gasteiger partial charge in [-0.3, -0.25) is 14.5 Å². The number of anilines is 1. The fourth-order valence-corrected chi connectivity index (χ4v) is 3.72. The molecular formula is C24H20FN5O2. The number of hydrogen-bond acceptors (Lipinski definition) is 4. The molecule has 160 valence electrons. The van der Waals surface area contributed by atoms with Crippen molar-refractivity contribution >= 4 is 23.1 Å². The smallest absolute Gasteiger partial charge is 0.259 e. The molecule has 1 aliphatic rings. The fourth-order valence-electron chi connectivity index (χ4n) is 3.72. The lowest BCUT2D eigenvalue weighted by molar-refractivity contribution is 0.0960. The zero-order valence-corrected chi connectivity index (χ0v) is 17.3. The molecule has 0 radical (unpaired) electrons. The molecule has 2 amide bonds. The lowest BCUT2D eigenvalue weighted by Gasteiger charge is -2.21. The van der Waals surface area contributed by atoms with E-state index in [4.69, 9.17) is 0 Å². The number of fused-ring (bicyclic) bond motifs is 1. The first-order chi connectivity index (χ1) is 15.5. The third-order valence-electron chi connectivity index (χ3n) is 5.54. The molecule has 0 bridgehead atoms. The van der Waals surface area contributed by atoms with Gasteiger partial charge >= 0.3 is 0 Å². The number of pyridine rings is 2. The average Bonchev–Trinajstić information content (AvgIpc) is 3.57. The second-order valence-corrected chi connectivity index (χ2v) is 7.70. The highest BCUT2D eigenvalue weighted by Crippen LogP contribution is 2.33. The first kappa shape index (κ1) is 19.9. The zero-order valence-electron chi connectivity index (χ0n) is 17.3. The molecule has 1 aliphatic carbocycles. The summed E-state index contributed by atoms with van der Waals surface area (Å²) >= 11 is 0. The fraction of sp³-hybridized carbons (Fsp3) is 0.167. The molecule has 1 N–H and O–H groups in total. The molecule has 3 aromatic heterocycles. The molecule has 4 aromatic rings. The number of aromatic nitrogens is 3.